The topological polar surface area (TPSA) is 66.1 Å². The number of amides is 2. The quantitative estimate of drug-likeness (QED) is 0.689. The van der Waals surface area contributed by atoms with Gasteiger partial charge in [-0.1, -0.05) is 32.0 Å². The Balaban J connectivity index is 1.68. The van der Waals surface area contributed by atoms with Gasteiger partial charge in [-0.25, -0.2) is 9.78 Å². The highest BCUT2D eigenvalue weighted by Crippen LogP contribution is 2.13. The Bertz CT molecular complexity index is 612. The maximum atomic E-state index is 11.5. The number of para-hydroxylation sites is 1. The number of pyridine rings is 1. The fraction of sp³-hybridized carbons (Fsp3) is 0.412. The zero-order valence-electron chi connectivity index (χ0n) is 13.2. The Morgan fingerprint density at radius 3 is 2.64 bits per heavy atom. The molecule has 22 heavy (non-hydrogen) atoms. The number of fused-ring (bicyclic) bond motifs is 1. The van der Waals surface area contributed by atoms with Crippen LogP contribution in [0, 0.1) is 5.92 Å². The minimum atomic E-state index is -0.117. The largest absolute Gasteiger partial charge is 0.368 e. The third-order valence-corrected chi connectivity index (χ3v) is 3.32. The summed E-state index contributed by atoms with van der Waals surface area (Å²) in [5.74, 6) is 1.42. The number of aromatic nitrogens is 1. The molecule has 1 aromatic carbocycles. The molecule has 0 aliphatic rings. The Labute approximate surface area is 131 Å². The van der Waals surface area contributed by atoms with E-state index < -0.39 is 0 Å². The minimum absolute atomic E-state index is 0.117. The molecule has 0 atom stereocenters. The summed E-state index contributed by atoms with van der Waals surface area (Å²) in [4.78, 5) is 16.1. The average Bonchev–Trinajstić information content (AvgIpc) is 2.51. The van der Waals surface area contributed by atoms with Gasteiger partial charge in [0.15, 0.2) is 0 Å². The Kier molecular flexibility index (Phi) is 6.01. The second-order valence-electron chi connectivity index (χ2n) is 5.68. The zero-order valence-corrected chi connectivity index (χ0v) is 13.2. The predicted molar refractivity (Wildman–Crippen MR) is 91.1 cm³/mol. The van der Waals surface area contributed by atoms with E-state index in [0.717, 1.165) is 23.1 Å². The van der Waals surface area contributed by atoms with Crippen molar-refractivity contribution in [1.29, 1.82) is 0 Å². The first-order chi connectivity index (χ1) is 10.6. The normalized spacial score (nSPS) is 10.7. The van der Waals surface area contributed by atoms with Gasteiger partial charge in [0, 0.05) is 25.0 Å². The number of carbonyl (C=O) groups is 1. The first-order valence-corrected chi connectivity index (χ1v) is 7.76. The number of nitrogens with zero attached hydrogens (tertiary/aromatic N) is 1. The van der Waals surface area contributed by atoms with E-state index >= 15 is 0 Å². The van der Waals surface area contributed by atoms with E-state index in [1.807, 2.05) is 36.4 Å². The summed E-state index contributed by atoms with van der Waals surface area (Å²) < 4.78 is 0. The lowest BCUT2D eigenvalue weighted by Gasteiger charge is -2.10. The summed E-state index contributed by atoms with van der Waals surface area (Å²) in [5, 5.41) is 10.0. The Morgan fingerprint density at radius 2 is 1.82 bits per heavy atom. The first-order valence-electron chi connectivity index (χ1n) is 7.76. The molecule has 0 radical (unpaired) electrons. The molecule has 0 aliphatic carbocycles. The molecule has 0 spiro atoms. The fourth-order valence-corrected chi connectivity index (χ4v) is 2.07. The van der Waals surface area contributed by atoms with Gasteiger partial charge in [-0.2, -0.15) is 0 Å². The number of urea groups is 1. The van der Waals surface area contributed by atoms with Gasteiger partial charge in [0.05, 0.1) is 5.52 Å². The van der Waals surface area contributed by atoms with Gasteiger partial charge >= 0.3 is 6.03 Å². The summed E-state index contributed by atoms with van der Waals surface area (Å²) >= 11 is 0. The first kappa shape index (κ1) is 16.1. The second-order valence-corrected chi connectivity index (χ2v) is 5.68. The molecule has 0 unspecified atom stereocenters. The molecular formula is C17H24N4O. The smallest absolute Gasteiger partial charge is 0.314 e. The molecule has 5 heteroatoms. The molecule has 5 nitrogen and oxygen atoms in total. The van der Waals surface area contributed by atoms with Gasteiger partial charge in [-0.15, -0.1) is 0 Å². The van der Waals surface area contributed by atoms with Gasteiger partial charge < -0.3 is 16.0 Å². The van der Waals surface area contributed by atoms with Crippen LogP contribution >= 0.6 is 0 Å². The van der Waals surface area contributed by atoms with Gasteiger partial charge in [-0.05, 0) is 30.5 Å². The van der Waals surface area contributed by atoms with Crippen molar-refractivity contribution in [3.8, 4) is 0 Å². The fourth-order valence-electron chi connectivity index (χ4n) is 2.07. The summed E-state index contributed by atoms with van der Waals surface area (Å²) in [5.41, 5.74) is 0.965. The van der Waals surface area contributed by atoms with Crippen molar-refractivity contribution >= 4 is 22.8 Å². The van der Waals surface area contributed by atoms with E-state index in [4.69, 9.17) is 0 Å². The van der Waals surface area contributed by atoms with Crippen molar-refractivity contribution in [2.45, 2.75) is 20.3 Å². The number of benzene rings is 1. The average molecular weight is 300 g/mol. The zero-order chi connectivity index (χ0) is 15.8. The number of anilines is 1. The van der Waals surface area contributed by atoms with E-state index in [0.29, 0.717) is 25.6 Å². The van der Waals surface area contributed by atoms with Crippen LogP contribution in [-0.4, -0.2) is 30.6 Å². The van der Waals surface area contributed by atoms with Crippen LogP contribution < -0.4 is 16.0 Å². The highest BCUT2D eigenvalue weighted by atomic mass is 16.2. The van der Waals surface area contributed by atoms with Crippen LogP contribution in [-0.2, 0) is 0 Å². The highest BCUT2D eigenvalue weighted by molar-refractivity contribution is 5.80. The maximum absolute atomic E-state index is 11.5. The molecule has 0 fully saturated rings. The summed E-state index contributed by atoms with van der Waals surface area (Å²) in [6.07, 6.45) is 0.993. The molecule has 3 N–H and O–H groups in total. The number of carbonyl (C=O) groups excluding carboxylic acids is 1. The van der Waals surface area contributed by atoms with Crippen molar-refractivity contribution in [3.05, 3.63) is 36.4 Å². The molecule has 1 heterocycles. The lowest BCUT2D eigenvalue weighted by Crippen LogP contribution is -2.38. The number of nitrogens with one attached hydrogen (secondary N) is 3. The van der Waals surface area contributed by atoms with Crippen LogP contribution in [0.1, 0.15) is 20.3 Å². The molecule has 118 valence electrons. The second kappa shape index (κ2) is 8.22. The Hall–Kier alpha value is -2.30. The third-order valence-electron chi connectivity index (χ3n) is 3.32. The van der Waals surface area contributed by atoms with E-state index in [9.17, 15) is 4.79 Å². The maximum Gasteiger partial charge on any atom is 0.314 e. The van der Waals surface area contributed by atoms with E-state index in [2.05, 4.69) is 34.8 Å². The van der Waals surface area contributed by atoms with Crippen LogP contribution in [0.3, 0.4) is 0 Å². The lowest BCUT2D eigenvalue weighted by molar-refractivity contribution is 0.240. The van der Waals surface area contributed by atoms with E-state index in [1.165, 1.54) is 0 Å². The van der Waals surface area contributed by atoms with Gasteiger partial charge in [0.25, 0.3) is 0 Å². The van der Waals surface area contributed by atoms with Crippen LogP contribution in [0.15, 0.2) is 36.4 Å². The van der Waals surface area contributed by atoms with Crippen molar-refractivity contribution in [2.75, 3.05) is 25.0 Å². The monoisotopic (exact) mass is 300 g/mol. The van der Waals surface area contributed by atoms with Crippen LogP contribution in [0.4, 0.5) is 10.6 Å². The number of rotatable bonds is 7. The highest BCUT2D eigenvalue weighted by Gasteiger charge is 2.01. The van der Waals surface area contributed by atoms with Gasteiger partial charge in [0.1, 0.15) is 5.82 Å². The minimum Gasteiger partial charge on any atom is -0.368 e. The molecular weight excluding hydrogens is 276 g/mol. The van der Waals surface area contributed by atoms with Crippen LogP contribution in [0.25, 0.3) is 10.9 Å². The summed E-state index contributed by atoms with van der Waals surface area (Å²) in [7, 11) is 0. The molecule has 2 rings (SSSR count). The van der Waals surface area contributed by atoms with Gasteiger partial charge in [-0.3, -0.25) is 0 Å². The third kappa shape index (κ3) is 5.24. The van der Waals surface area contributed by atoms with Crippen LogP contribution in [0.2, 0.25) is 0 Å². The summed E-state index contributed by atoms with van der Waals surface area (Å²) in [6.45, 7) is 6.19. The lowest BCUT2D eigenvalue weighted by atomic mass is 10.1. The van der Waals surface area contributed by atoms with Crippen LogP contribution in [0.5, 0.6) is 0 Å². The molecule has 0 aliphatic heterocycles. The molecule has 2 aromatic rings. The molecule has 1 aromatic heterocycles. The SMILES string of the molecule is CC(C)CCNC(=O)NCCNc1ccc2ccccc2n1. The predicted octanol–water partition coefficient (Wildman–Crippen LogP) is 2.99. The van der Waals surface area contributed by atoms with E-state index in [-0.39, 0.29) is 6.03 Å². The molecule has 0 saturated carbocycles. The number of hydrogen-bond donors (Lipinski definition) is 3. The standard InChI is InChI=1S/C17H24N4O/c1-13(2)9-10-19-17(22)20-12-11-18-16-8-7-14-5-3-4-6-15(14)21-16/h3-8,13H,9-12H2,1-2H3,(H,18,21)(H2,19,20,22). The van der Waals surface area contributed by atoms with Crippen molar-refractivity contribution in [1.82, 2.24) is 15.6 Å². The van der Waals surface area contributed by atoms with Crippen molar-refractivity contribution in [3.63, 3.8) is 0 Å². The summed E-state index contributed by atoms with van der Waals surface area (Å²) in [6, 6.07) is 11.9. The molecule has 2 amide bonds. The van der Waals surface area contributed by atoms with Gasteiger partial charge in [0.2, 0.25) is 0 Å². The molecule has 0 bridgehead atoms. The van der Waals surface area contributed by atoms with Crippen molar-refractivity contribution in [2.24, 2.45) is 5.92 Å². The number of hydrogen-bond acceptors (Lipinski definition) is 3. The molecule has 0 saturated heterocycles. The van der Waals surface area contributed by atoms with E-state index in [1.54, 1.807) is 0 Å². The Morgan fingerprint density at radius 1 is 1.05 bits per heavy atom. The van der Waals surface area contributed by atoms with Crippen molar-refractivity contribution < 1.29 is 4.79 Å².